The molecule has 12 heteroatoms. The number of nitriles is 1. The molecule has 2 saturated heterocycles. The molecule has 0 saturated carbocycles. The smallest absolute Gasteiger partial charge is 0.335 e. The van der Waals surface area contributed by atoms with Gasteiger partial charge in [-0.15, -0.1) is 11.3 Å². The molecule has 1 aromatic heterocycles. The number of benzene rings is 1. The van der Waals surface area contributed by atoms with E-state index in [1.807, 2.05) is 0 Å². The van der Waals surface area contributed by atoms with Crippen LogP contribution in [0.5, 0.6) is 0 Å². The molecule has 3 aliphatic heterocycles. The number of halogens is 3. The van der Waals surface area contributed by atoms with Crippen LogP contribution < -0.4 is 5.32 Å². The molecule has 2 N–H and O–H groups in total. The van der Waals surface area contributed by atoms with Crippen LogP contribution in [0.15, 0.2) is 46.0 Å². The van der Waals surface area contributed by atoms with E-state index in [9.17, 15) is 19.6 Å². The second-order valence-corrected chi connectivity index (χ2v) is 12.1. The quantitative estimate of drug-likeness (QED) is 0.485. The van der Waals surface area contributed by atoms with E-state index in [4.69, 9.17) is 0 Å². The van der Waals surface area contributed by atoms with Crippen molar-refractivity contribution in [3.63, 3.8) is 0 Å². The summed E-state index contributed by atoms with van der Waals surface area (Å²) in [5, 5.41) is 25.0. The minimum Gasteiger partial charge on any atom is -0.478 e. The first-order valence-corrected chi connectivity index (χ1v) is 14.0. The molecule has 40 heavy (non-hydrogen) atoms. The molecule has 0 bridgehead atoms. The highest BCUT2D eigenvalue weighted by atomic mass is 32.1. The Labute approximate surface area is 234 Å². The summed E-state index contributed by atoms with van der Waals surface area (Å²) in [5.74, 6) is -4.44. The third-order valence-electron chi connectivity index (χ3n) is 8.07. The van der Waals surface area contributed by atoms with Crippen LogP contribution in [0, 0.1) is 29.5 Å². The number of nitrogens with zero attached hydrogens (tertiary/aromatic N) is 5. The van der Waals surface area contributed by atoms with Crippen molar-refractivity contribution in [2.24, 2.45) is 10.4 Å². The summed E-state index contributed by atoms with van der Waals surface area (Å²) >= 11 is 1.30. The summed E-state index contributed by atoms with van der Waals surface area (Å²) in [7, 11) is 0. The maximum Gasteiger partial charge on any atom is 0.335 e. The fraction of sp³-hybridized carbons (Fsp3) is 0.500. The third-order valence-corrected chi connectivity index (χ3v) is 8.85. The van der Waals surface area contributed by atoms with E-state index in [1.165, 1.54) is 23.5 Å². The number of fused-ring (bicyclic) bond motifs is 1. The standard InChI is InChI=1S/C28H31F3N6O2S/c1-16-17(5-4-6-18(16)29)22-21(26(38)39)19(34-24(35-22)25-33-9-12-40-25)13-37-15-28(30,31)23-20(37)7-10-36(23)11-8-27(2,3)14-32/h4-6,9,12,20,22-23H,7-8,10-11,13,15H2,1-3H3,(H,34,35)(H,38,39)/t20?,22-,23?/m0/s1. The van der Waals surface area contributed by atoms with Crippen LogP contribution in [-0.4, -0.2) is 75.9 Å². The minimum absolute atomic E-state index is 0.0643. The molecule has 4 heterocycles. The van der Waals surface area contributed by atoms with Crippen LogP contribution in [0.4, 0.5) is 13.2 Å². The van der Waals surface area contributed by atoms with Gasteiger partial charge in [0.1, 0.15) is 11.9 Å². The molecule has 0 amide bonds. The van der Waals surface area contributed by atoms with Crippen LogP contribution in [0.1, 0.15) is 48.9 Å². The van der Waals surface area contributed by atoms with E-state index in [0.29, 0.717) is 42.3 Å². The van der Waals surface area contributed by atoms with Crippen molar-refractivity contribution in [1.29, 1.82) is 5.26 Å². The zero-order valence-corrected chi connectivity index (χ0v) is 23.3. The maximum atomic E-state index is 15.5. The van der Waals surface area contributed by atoms with Crippen LogP contribution in [0.25, 0.3) is 0 Å². The minimum atomic E-state index is -3.01. The molecular weight excluding hydrogens is 541 g/mol. The molecule has 0 radical (unpaired) electrons. The molecule has 0 spiro atoms. The highest BCUT2D eigenvalue weighted by Crippen LogP contribution is 2.43. The normalized spacial score (nSPS) is 24.9. The summed E-state index contributed by atoms with van der Waals surface area (Å²) in [6.45, 7) is 5.43. The number of hydrogen-bond acceptors (Lipinski definition) is 8. The van der Waals surface area contributed by atoms with Crippen molar-refractivity contribution in [3.8, 4) is 6.07 Å². The van der Waals surface area contributed by atoms with Crippen molar-refractivity contribution >= 4 is 23.1 Å². The predicted molar refractivity (Wildman–Crippen MR) is 145 cm³/mol. The van der Waals surface area contributed by atoms with E-state index >= 15 is 8.78 Å². The summed E-state index contributed by atoms with van der Waals surface area (Å²) in [4.78, 5) is 25.0. The monoisotopic (exact) mass is 572 g/mol. The Hall–Kier alpha value is -3.27. The van der Waals surface area contributed by atoms with Gasteiger partial charge in [0, 0.05) is 43.0 Å². The number of aliphatic imine (C=N–C) groups is 1. The summed E-state index contributed by atoms with van der Waals surface area (Å²) in [5.41, 5.74) is 0.179. The number of aliphatic carboxylic acids is 1. The number of thiazole rings is 1. The Bertz CT molecular complexity index is 1400. The Balaban J connectivity index is 1.49. The number of carboxylic acid groups (broad SMARTS) is 1. The highest BCUT2D eigenvalue weighted by molar-refractivity contribution is 7.11. The molecule has 2 aromatic rings. The SMILES string of the molecule is Cc1c(F)cccc1[C@@H]1N=C(c2nccs2)NC(CN2CC(F)(F)C3C2CCN3CCC(C)(C)C#N)=C1C(=O)O. The van der Waals surface area contributed by atoms with E-state index in [2.05, 4.69) is 21.4 Å². The Morgan fingerprint density at radius 1 is 1.35 bits per heavy atom. The van der Waals surface area contributed by atoms with Gasteiger partial charge in [0.05, 0.1) is 29.6 Å². The van der Waals surface area contributed by atoms with Gasteiger partial charge in [-0.25, -0.2) is 22.9 Å². The molecule has 1 aromatic carbocycles. The first kappa shape index (κ1) is 28.3. The average Bonchev–Trinajstić information content (AvgIpc) is 3.63. The Morgan fingerprint density at radius 2 is 2.12 bits per heavy atom. The maximum absolute atomic E-state index is 15.5. The molecule has 5 rings (SSSR count). The van der Waals surface area contributed by atoms with E-state index in [0.717, 1.165) is 0 Å². The summed E-state index contributed by atoms with van der Waals surface area (Å²) < 4.78 is 45.5. The van der Waals surface area contributed by atoms with Crippen LogP contribution in [0.2, 0.25) is 0 Å². The van der Waals surface area contributed by atoms with Crippen LogP contribution in [-0.2, 0) is 4.79 Å². The fourth-order valence-corrected chi connectivity index (χ4v) is 6.51. The number of carboxylic acids is 1. The average molecular weight is 573 g/mol. The van der Waals surface area contributed by atoms with Gasteiger partial charge in [-0.1, -0.05) is 12.1 Å². The summed E-state index contributed by atoms with van der Waals surface area (Å²) in [6.07, 6.45) is 2.57. The van der Waals surface area contributed by atoms with Gasteiger partial charge in [0.15, 0.2) is 10.8 Å². The van der Waals surface area contributed by atoms with Crippen molar-refractivity contribution in [3.05, 3.63) is 63.0 Å². The number of nitrogens with one attached hydrogen (secondary N) is 1. The lowest BCUT2D eigenvalue weighted by Gasteiger charge is -2.31. The van der Waals surface area contributed by atoms with Crippen LogP contribution in [0.3, 0.4) is 0 Å². The molecular formula is C28H31F3N6O2S. The van der Waals surface area contributed by atoms with Gasteiger partial charge >= 0.3 is 5.97 Å². The zero-order valence-electron chi connectivity index (χ0n) is 22.5. The van der Waals surface area contributed by atoms with Gasteiger partial charge in [-0.05, 0) is 50.8 Å². The van der Waals surface area contributed by atoms with Crippen molar-refractivity contribution in [2.75, 3.05) is 26.2 Å². The lowest BCUT2D eigenvalue weighted by Crippen LogP contribution is -2.46. The highest BCUT2D eigenvalue weighted by Gasteiger charge is 2.59. The largest absolute Gasteiger partial charge is 0.478 e. The first-order chi connectivity index (χ1) is 18.9. The number of aromatic nitrogens is 1. The fourth-order valence-electron chi connectivity index (χ4n) is 5.92. The van der Waals surface area contributed by atoms with Crippen molar-refractivity contribution in [1.82, 2.24) is 20.1 Å². The Kier molecular flexibility index (Phi) is 7.50. The van der Waals surface area contributed by atoms with E-state index in [-0.39, 0.29) is 23.4 Å². The molecule has 3 aliphatic rings. The molecule has 3 atom stereocenters. The van der Waals surface area contributed by atoms with Crippen LogP contribution >= 0.6 is 11.3 Å². The second-order valence-electron chi connectivity index (χ2n) is 11.2. The topological polar surface area (TPSA) is 105 Å². The van der Waals surface area contributed by atoms with Gasteiger partial charge < -0.3 is 10.4 Å². The molecule has 8 nitrogen and oxygen atoms in total. The first-order valence-electron chi connectivity index (χ1n) is 13.1. The third kappa shape index (κ3) is 5.25. The van der Waals surface area contributed by atoms with Crippen molar-refractivity contribution < 1.29 is 23.1 Å². The number of amidine groups is 1. The number of rotatable bonds is 8. The molecule has 212 valence electrons. The number of likely N-dealkylation sites (tertiary alicyclic amines) is 2. The number of carbonyl (C=O) groups is 1. The van der Waals surface area contributed by atoms with Gasteiger partial charge in [0.25, 0.3) is 5.92 Å². The molecule has 2 fully saturated rings. The van der Waals surface area contributed by atoms with Gasteiger partial charge in [0.2, 0.25) is 0 Å². The number of hydrogen-bond donors (Lipinski definition) is 2. The van der Waals surface area contributed by atoms with E-state index < -0.39 is 47.8 Å². The summed E-state index contributed by atoms with van der Waals surface area (Å²) in [6, 6.07) is 4.12. The van der Waals surface area contributed by atoms with Crippen molar-refractivity contribution in [2.45, 2.75) is 57.7 Å². The van der Waals surface area contributed by atoms with E-state index in [1.54, 1.807) is 48.2 Å². The molecule has 0 aliphatic carbocycles. The Morgan fingerprint density at radius 3 is 2.80 bits per heavy atom. The number of alkyl halides is 2. The predicted octanol–water partition coefficient (Wildman–Crippen LogP) is 4.35. The zero-order chi connectivity index (χ0) is 28.8. The lowest BCUT2D eigenvalue weighted by atomic mass is 9.91. The second kappa shape index (κ2) is 10.6. The molecule has 2 unspecified atom stereocenters. The lowest BCUT2D eigenvalue weighted by molar-refractivity contribution is -0.133. The van der Waals surface area contributed by atoms with Gasteiger partial charge in [-0.3, -0.25) is 14.8 Å². The van der Waals surface area contributed by atoms with Gasteiger partial charge in [-0.2, -0.15) is 5.26 Å².